The molecule has 0 unspecified atom stereocenters. The Bertz CT molecular complexity index is 242. The molecule has 0 saturated carbocycles. The van der Waals surface area contributed by atoms with Crippen molar-refractivity contribution >= 4 is 0 Å². The molecule has 0 aromatic heterocycles. The maximum absolute atomic E-state index is 3.49. The van der Waals surface area contributed by atoms with Gasteiger partial charge >= 0.3 is 0 Å². The van der Waals surface area contributed by atoms with E-state index in [9.17, 15) is 0 Å². The highest BCUT2D eigenvalue weighted by Crippen LogP contribution is 2.42. The minimum Gasteiger partial charge on any atom is -0.317 e. The van der Waals surface area contributed by atoms with Crippen LogP contribution in [-0.4, -0.2) is 37.6 Å². The summed E-state index contributed by atoms with van der Waals surface area (Å²) in [6.45, 7) is 13.7. The van der Waals surface area contributed by atoms with Crippen LogP contribution >= 0.6 is 0 Å². The van der Waals surface area contributed by atoms with Gasteiger partial charge in [0.1, 0.15) is 0 Å². The summed E-state index contributed by atoms with van der Waals surface area (Å²) in [6.07, 6.45) is 8.31. The quantitative estimate of drug-likeness (QED) is 0.780. The van der Waals surface area contributed by atoms with Gasteiger partial charge in [0.05, 0.1) is 0 Å². The Hall–Kier alpha value is -0.0800. The van der Waals surface area contributed by atoms with Crippen LogP contribution in [0.25, 0.3) is 0 Å². The zero-order valence-corrected chi connectivity index (χ0v) is 12.7. The van der Waals surface area contributed by atoms with Crippen LogP contribution in [0.4, 0.5) is 0 Å². The highest BCUT2D eigenvalue weighted by atomic mass is 15.2. The lowest BCUT2D eigenvalue weighted by molar-refractivity contribution is -0.0427. The Balaban J connectivity index is 1.80. The molecule has 2 aliphatic rings. The van der Waals surface area contributed by atoms with E-state index < -0.39 is 0 Å². The molecule has 2 aliphatic heterocycles. The zero-order chi connectivity index (χ0) is 13.1. The average Bonchev–Trinajstić information content (AvgIpc) is 2.28. The summed E-state index contributed by atoms with van der Waals surface area (Å²) in [6, 6.07) is 0. The fourth-order valence-electron chi connectivity index (χ4n) is 4.24. The highest BCUT2D eigenvalue weighted by Gasteiger charge is 2.43. The smallest absolute Gasteiger partial charge is 0.00507 e. The van der Waals surface area contributed by atoms with E-state index in [0.717, 1.165) is 0 Å². The molecule has 0 aromatic carbocycles. The van der Waals surface area contributed by atoms with Crippen LogP contribution in [0.3, 0.4) is 0 Å². The minimum atomic E-state index is 0.579. The van der Waals surface area contributed by atoms with E-state index in [1.165, 1.54) is 71.2 Å². The second-order valence-corrected chi connectivity index (χ2v) is 7.21. The van der Waals surface area contributed by atoms with Gasteiger partial charge < -0.3 is 10.2 Å². The number of hydrogen-bond donors (Lipinski definition) is 1. The SMILES string of the molecule is CCCC1(CCC)CN(CC2(C)CCNCC2)C1. The third kappa shape index (κ3) is 3.27. The largest absolute Gasteiger partial charge is 0.317 e. The van der Waals surface area contributed by atoms with Gasteiger partial charge in [-0.1, -0.05) is 33.6 Å². The number of rotatable bonds is 6. The van der Waals surface area contributed by atoms with Gasteiger partial charge in [0, 0.05) is 19.6 Å². The van der Waals surface area contributed by atoms with Crippen molar-refractivity contribution in [1.29, 1.82) is 0 Å². The molecule has 0 spiro atoms. The molecule has 0 amide bonds. The van der Waals surface area contributed by atoms with Crippen molar-refractivity contribution in [1.82, 2.24) is 10.2 Å². The third-order valence-corrected chi connectivity index (χ3v) is 5.09. The molecule has 0 atom stereocenters. The Morgan fingerprint density at radius 1 is 1.00 bits per heavy atom. The van der Waals surface area contributed by atoms with Crippen molar-refractivity contribution in [3.8, 4) is 0 Å². The molecular weight excluding hydrogens is 220 g/mol. The first-order valence-electron chi connectivity index (χ1n) is 8.04. The van der Waals surface area contributed by atoms with Crippen LogP contribution in [-0.2, 0) is 0 Å². The molecule has 0 aliphatic carbocycles. The lowest BCUT2D eigenvalue weighted by Crippen LogP contribution is -2.59. The van der Waals surface area contributed by atoms with E-state index in [1.54, 1.807) is 0 Å². The van der Waals surface area contributed by atoms with Gasteiger partial charge in [-0.05, 0) is 49.6 Å². The van der Waals surface area contributed by atoms with Gasteiger partial charge in [-0.15, -0.1) is 0 Å². The van der Waals surface area contributed by atoms with E-state index >= 15 is 0 Å². The molecule has 0 bridgehead atoms. The van der Waals surface area contributed by atoms with Crippen LogP contribution in [0.5, 0.6) is 0 Å². The second kappa shape index (κ2) is 5.92. The first-order valence-corrected chi connectivity index (χ1v) is 8.04. The van der Waals surface area contributed by atoms with E-state index in [0.29, 0.717) is 10.8 Å². The van der Waals surface area contributed by atoms with Gasteiger partial charge in [0.15, 0.2) is 0 Å². The maximum atomic E-state index is 3.49. The topological polar surface area (TPSA) is 15.3 Å². The summed E-state index contributed by atoms with van der Waals surface area (Å²) in [5, 5.41) is 3.49. The van der Waals surface area contributed by atoms with Crippen LogP contribution < -0.4 is 5.32 Å². The monoisotopic (exact) mass is 252 g/mol. The molecule has 1 N–H and O–H groups in total. The first-order chi connectivity index (χ1) is 8.61. The van der Waals surface area contributed by atoms with Gasteiger partial charge in [0.25, 0.3) is 0 Å². The van der Waals surface area contributed by atoms with Crippen molar-refractivity contribution in [3.05, 3.63) is 0 Å². The fourth-order valence-corrected chi connectivity index (χ4v) is 4.24. The van der Waals surface area contributed by atoms with Crippen molar-refractivity contribution in [2.24, 2.45) is 10.8 Å². The zero-order valence-electron chi connectivity index (χ0n) is 12.7. The van der Waals surface area contributed by atoms with Crippen molar-refractivity contribution in [2.75, 3.05) is 32.7 Å². The van der Waals surface area contributed by atoms with E-state index in [1.807, 2.05) is 0 Å². The second-order valence-electron chi connectivity index (χ2n) is 7.21. The van der Waals surface area contributed by atoms with Gasteiger partial charge in [0.2, 0.25) is 0 Å². The minimum absolute atomic E-state index is 0.579. The van der Waals surface area contributed by atoms with Gasteiger partial charge in [-0.2, -0.15) is 0 Å². The number of piperidine rings is 1. The Kier molecular flexibility index (Phi) is 4.71. The summed E-state index contributed by atoms with van der Waals surface area (Å²) in [4.78, 5) is 2.73. The van der Waals surface area contributed by atoms with Gasteiger partial charge in [-0.3, -0.25) is 0 Å². The number of nitrogens with one attached hydrogen (secondary N) is 1. The van der Waals surface area contributed by atoms with E-state index in [-0.39, 0.29) is 0 Å². The number of nitrogens with zero attached hydrogens (tertiary/aromatic N) is 1. The number of hydrogen-bond acceptors (Lipinski definition) is 2. The summed E-state index contributed by atoms with van der Waals surface area (Å²) in [5.41, 5.74) is 1.27. The summed E-state index contributed by atoms with van der Waals surface area (Å²) >= 11 is 0. The standard InChI is InChI=1S/C16H32N2/c1-4-6-16(7-5-2)13-18(14-16)12-15(3)8-10-17-11-9-15/h17H,4-14H2,1-3H3. The van der Waals surface area contributed by atoms with Crippen molar-refractivity contribution in [2.45, 2.75) is 59.3 Å². The molecule has 2 rings (SSSR count). The fraction of sp³-hybridized carbons (Fsp3) is 1.00. The van der Waals surface area contributed by atoms with Crippen LogP contribution in [0.1, 0.15) is 59.3 Å². The van der Waals surface area contributed by atoms with Crippen molar-refractivity contribution in [3.63, 3.8) is 0 Å². The first kappa shape index (κ1) is 14.3. The maximum Gasteiger partial charge on any atom is 0.00507 e. The van der Waals surface area contributed by atoms with Crippen LogP contribution in [0.15, 0.2) is 0 Å². The van der Waals surface area contributed by atoms with Crippen LogP contribution in [0, 0.1) is 10.8 Å². The lowest BCUT2D eigenvalue weighted by Gasteiger charge is -2.54. The van der Waals surface area contributed by atoms with Crippen LogP contribution in [0.2, 0.25) is 0 Å². The Labute approximate surface area is 114 Å². The van der Waals surface area contributed by atoms with Gasteiger partial charge in [-0.25, -0.2) is 0 Å². The van der Waals surface area contributed by atoms with Crippen molar-refractivity contribution < 1.29 is 0 Å². The molecule has 2 nitrogen and oxygen atoms in total. The normalized spacial score (nSPS) is 26.8. The Morgan fingerprint density at radius 3 is 2.06 bits per heavy atom. The lowest BCUT2D eigenvalue weighted by atomic mass is 9.71. The predicted octanol–water partition coefficient (Wildman–Crippen LogP) is 3.28. The molecule has 2 fully saturated rings. The molecule has 106 valence electrons. The molecule has 2 saturated heterocycles. The molecule has 0 aromatic rings. The number of likely N-dealkylation sites (tertiary alicyclic amines) is 1. The predicted molar refractivity (Wildman–Crippen MR) is 78.9 cm³/mol. The molecule has 18 heavy (non-hydrogen) atoms. The third-order valence-electron chi connectivity index (χ3n) is 5.09. The highest BCUT2D eigenvalue weighted by molar-refractivity contribution is 4.97. The molecule has 2 heterocycles. The Morgan fingerprint density at radius 2 is 1.56 bits per heavy atom. The van der Waals surface area contributed by atoms with E-state index in [4.69, 9.17) is 0 Å². The summed E-state index contributed by atoms with van der Waals surface area (Å²) < 4.78 is 0. The molecular formula is C16H32N2. The molecule has 0 radical (unpaired) electrons. The summed E-state index contributed by atoms with van der Waals surface area (Å²) in [7, 11) is 0. The van der Waals surface area contributed by atoms with E-state index in [2.05, 4.69) is 31.0 Å². The molecule has 2 heteroatoms. The summed E-state index contributed by atoms with van der Waals surface area (Å²) in [5.74, 6) is 0. The average molecular weight is 252 g/mol.